The second-order valence-corrected chi connectivity index (χ2v) is 7.21. The van der Waals surface area contributed by atoms with Gasteiger partial charge in [-0.15, -0.1) is 0 Å². The summed E-state index contributed by atoms with van der Waals surface area (Å²) < 4.78 is 7.28. The van der Waals surface area contributed by atoms with Crippen LogP contribution < -0.4 is 10.9 Å². The van der Waals surface area contributed by atoms with Gasteiger partial charge in [0.25, 0.3) is 5.56 Å². The Morgan fingerprint density at radius 1 is 0.833 bits per heavy atom. The van der Waals surface area contributed by atoms with Crippen LogP contribution in [0.2, 0.25) is 0 Å². The second-order valence-electron chi connectivity index (χ2n) is 7.21. The lowest BCUT2D eigenvalue weighted by molar-refractivity contribution is -0.121. The molecule has 30 heavy (non-hydrogen) atoms. The van der Waals surface area contributed by atoms with Gasteiger partial charge < -0.3 is 14.6 Å². The Bertz CT molecular complexity index is 965. The fraction of sp³-hybridized carbons (Fsp3) is 0.280. The van der Waals surface area contributed by atoms with E-state index in [0.717, 1.165) is 17.5 Å². The SMILES string of the molecule is O=C(CCCOCCc1ccccc1)NCc1ccc(Cn2ccccc2=O)cc1. The minimum absolute atomic E-state index is 0.0158. The van der Waals surface area contributed by atoms with Crippen molar-refractivity contribution in [1.29, 1.82) is 0 Å². The highest BCUT2D eigenvalue weighted by Crippen LogP contribution is 2.06. The molecule has 0 saturated heterocycles. The van der Waals surface area contributed by atoms with E-state index in [1.54, 1.807) is 22.9 Å². The van der Waals surface area contributed by atoms with Gasteiger partial charge in [0, 0.05) is 31.8 Å². The first-order valence-corrected chi connectivity index (χ1v) is 10.3. The number of rotatable bonds is 11. The van der Waals surface area contributed by atoms with Crippen molar-refractivity contribution in [2.75, 3.05) is 13.2 Å². The van der Waals surface area contributed by atoms with E-state index in [0.29, 0.717) is 39.1 Å². The van der Waals surface area contributed by atoms with Gasteiger partial charge in [0.05, 0.1) is 13.2 Å². The summed E-state index contributed by atoms with van der Waals surface area (Å²) in [5.74, 6) is 0.0292. The number of aromatic nitrogens is 1. The lowest BCUT2D eigenvalue weighted by atomic mass is 10.1. The molecule has 0 aliphatic heterocycles. The third-order valence-corrected chi connectivity index (χ3v) is 4.83. The number of carbonyl (C=O) groups is 1. The van der Waals surface area contributed by atoms with Crippen molar-refractivity contribution in [2.24, 2.45) is 0 Å². The van der Waals surface area contributed by atoms with Crippen LogP contribution in [0.15, 0.2) is 83.8 Å². The van der Waals surface area contributed by atoms with Gasteiger partial charge in [0.2, 0.25) is 5.91 Å². The number of hydrogen-bond acceptors (Lipinski definition) is 3. The Labute approximate surface area is 177 Å². The van der Waals surface area contributed by atoms with Crippen LogP contribution in [0.5, 0.6) is 0 Å². The molecule has 156 valence electrons. The van der Waals surface area contributed by atoms with E-state index in [-0.39, 0.29) is 11.5 Å². The predicted octanol–water partition coefficient (Wildman–Crippen LogP) is 3.55. The summed E-state index contributed by atoms with van der Waals surface area (Å²) in [7, 11) is 0. The maximum atomic E-state index is 12.0. The van der Waals surface area contributed by atoms with Crippen molar-refractivity contribution in [3.8, 4) is 0 Å². The number of nitrogens with one attached hydrogen (secondary N) is 1. The molecule has 1 heterocycles. The fourth-order valence-electron chi connectivity index (χ4n) is 3.11. The van der Waals surface area contributed by atoms with E-state index < -0.39 is 0 Å². The van der Waals surface area contributed by atoms with Crippen LogP contribution >= 0.6 is 0 Å². The molecule has 0 bridgehead atoms. The van der Waals surface area contributed by atoms with Gasteiger partial charge in [0.15, 0.2) is 0 Å². The maximum absolute atomic E-state index is 12.0. The summed E-state index contributed by atoms with van der Waals surface area (Å²) in [6, 6.07) is 23.3. The van der Waals surface area contributed by atoms with Crippen LogP contribution in [0.25, 0.3) is 0 Å². The number of benzene rings is 2. The van der Waals surface area contributed by atoms with Crippen LogP contribution in [-0.4, -0.2) is 23.7 Å². The number of carbonyl (C=O) groups excluding carboxylic acids is 1. The van der Waals surface area contributed by atoms with E-state index in [1.165, 1.54) is 5.56 Å². The zero-order valence-electron chi connectivity index (χ0n) is 17.1. The largest absolute Gasteiger partial charge is 0.381 e. The normalized spacial score (nSPS) is 10.7. The summed E-state index contributed by atoms with van der Waals surface area (Å²) in [5.41, 5.74) is 3.33. The van der Waals surface area contributed by atoms with Crippen molar-refractivity contribution >= 4 is 5.91 Å². The molecule has 0 fully saturated rings. The van der Waals surface area contributed by atoms with Gasteiger partial charge in [0.1, 0.15) is 0 Å². The summed E-state index contributed by atoms with van der Waals surface area (Å²) in [5, 5.41) is 2.94. The van der Waals surface area contributed by atoms with E-state index >= 15 is 0 Å². The van der Waals surface area contributed by atoms with E-state index in [4.69, 9.17) is 4.74 Å². The summed E-state index contributed by atoms with van der Waals surface area (Å²) in [4.78, 5) is 23.8. The Morgan fingerprint density at radius 3 is 2.33 bits per heavy atom. The molecule has 5 nitrogen and oxygen atoms in total. The van der Waals surface area contributed by atoms with E-state index in [2.05, 4.69) is 17.4 Å². The Morgan fingerprint density at radius 2 is 1.57 bits per heavy atom. The van der Waals surface area contributed by atoms with Gasteiger partial charge in [-0.25, -0.2) is 0 Å². The molecule has 2 aromatic carbocycles. The van der Waals surface area contributed by atoms with Crippen LogP contribution in [-0.2, 0) is 29.0 Å². The Kier molecular flexibility index (Phi) is 8.42. The standard InChI is InChI=1S/C25H28N2O3/c28-24(9-6-17-30-18-15-21-7-2-1-3-8-21)26-19-22-11-13-23(14-12-22)20-27-16-5-4-10-25(27)29/h1-5,7-8,10-14,16H,6,9,15,17-20H2,(H,26,28). The van der Waals surface area contributed by atoms with Crippen LogP contribution in [0.1, 0.15) is 29.5 Å². The second kappa shape index (κ2) is 11.7. The molecule has 0 atom stereocenters. The average molecular weight is 405 g/mol. The molecule has 0 aliphatic carbocycles. The molecule has 0 spiro atoms. The predicted molar refractivity (Wildman–Crippen MR) is 118 cm³/mol. The highest BCUT2D eigenvalue weighted by atomic mass is 16.5. The smallest absolute Gasteiger partial charge is 0.250 e. The zero-order valence-corrected chi connectivity index (χ0v) is 17.1. The lowest BCUT2D eigenvalue weighted by Gasteiger charge is -2.08. The quantitative estimate of drug-likeness (QED) is 0.497. The van der Waals surface area contributed by atoms with Gasteiger partial charge in [-0.1, -0.05) is 60.7 Å². The summed E-state index contributed by atoms with van der Waals surface area (Å²) in [6.45, 7) is 2.30. The van der Waals surface area contributed by atoms with Gasteiger partial charge in [-0.2, -0.15) is 0 Å². The molecule has 0 aliphatic rings. The number of hydrogen-bond donors (Lipinski definition) is 1. The number of ether oxygens (including phenoxy) is 1. The van der Waals surface area contributed by atoms with Gasteiger partial charge in [-0.05, 0) is 35.6 Å². The average Bonchev–Trinajstić information content (AvgIpc) is 2.78. The molecular weight excluding hydrogens is 376 g/mol. The monoisotopic (exact) mass is 404 g/mol. The van der Waals surface area contributed by atoms with E-state index in [1.807, 2.05) is 48.5 Å². The summed E-state index contributed by atoms with van der Waals surface area (Å²) >= 11 is 0. The lowest BCUT2D eigenvalue weighted by Crippen LogP contribution is -2.23. The molecule has 5 heteroatoms. The number of amides is 1. The highest BCUT2D eigenvalue weighted by molar-refractivity contribution is 5.75. The molecule has 0 saturated carbocycles. The first kappa shape index (κ1) is 21.5. The number of pyridine rings is 1. The topological polar surface area (TPSA) is 60.3 Å². The molecule has 1 N–H and O–H groups in total. The minimum atomic E-state index is -0.0158. The van der Waals surface area contributed by atoms with Crippen LogP contribution in [0.4, 0.5) is 0 Å². The van der Waals surface area contributed by atoms with Crippen molar-refractivity contribution in [3.05, 3.63) is 106 Å². The minimum Gasteiger partial charge on any atom is -0.381 e. The number of nitrogens with zero attached hydrogens (tertiary/aromatic N) is 1. The molecule has 3 rings (SSSR count). The maximum Gasteiger partial charge on any atom is 0.250 e. The first-order valence-electron chi connectivity index (χ1n) is 10.3. The summed E-state index contributed by atoms with van der Waals surface area (Å²) in [6.07, 6.45) is 3.84. The molecule has 3 aromatic rings. The Hall–Kier alpha value is -3.18. The zero-order chi connectivity index (χ0) is 21.0. The van der Waals surface area contributed by atoms with Crippen molar-refractivity contribution in [1.82, 2.24) is 9.88 Å². The van der Waals surface area contributed by atoms with Gasteiger partial charge in [-0.3, -0.25) is 9.59 Å². The first-order chi connectivity index (χ1) is 14.7. The van der Waals surface area contributed by atoms with Crippen LogP contribution in [0, 0.1) is 0 Å². The van der Waals surface area contributed by atoms with Crippen LogP contribution in [0.3, 0.4) is 0 Å². The molecule has 1 aromatic heterocycles. The Balaban J connectivity index is 1.30. The third kappa shape index (κ3) is 7.33. The van der Waals surface area contributed by atoms with Crippen molar-refractivity contribution in [3.63, 3.8) is 0 Å². The fourth-order valence-corrected chi connectivity index (χ4v) is 3.11. The molecule has 0 unspecified atom stereocenters. The van der Waals surface area contributed by atoms with Gasteiger partial charge >= 0.3 is 0 Å². The molecule has 0 radical (unpaired) electrons. The third-order valence-electron chi connectivity index (χ3n) is 4.83. The molecule has 1 amide bonds. The molecular formula is C25H28N2O3. The van der Waals surface area contributed by atoms with Crippen molar-refractivity contribution in [2.45, 2.75) is 32.4 Å². The highest BCUT2D eigenvalue weighted by Gasteiger charge is 2.03. The van der Waals surface area contributed by atoms with E-state index in [9.17, 15) is 9.59 Å². The van der Waals surface area contributed by atoms with Crippen molar-refractivity contribution < 1.29 is 9.53 Å².